The Morgan fingerprint density at radius 3 is 2.57 bits per heavy atom. The molecule has 0 radical (unpaired) electrons. The molecule has 7 heteroatoms. The monoisotopic (exact) mass is 288 g/mol. The molecule has 0 saturated heterocycles. The maximum atomic E-state index is 11.1. The van der Waals surface area contributed by atoms with E-state index >= 15 is 0 Å². The third kappa shape index (κ3) is 3.83. The van der Waals surface area contributed by atoms with Crippen molar-refractivity contribution >= 4 is 11.9 Å². The molecule has 7 nitrogen and oxygen atoms in total. The standard InChI is InChI=1S/C14H12N2O5/c17-13(18)10-4-11(14(19)20)12(16-6-10)8-21-7-9-2-1-3-15-5-9/h1-6H,7-8H2,(H,17,18)(H,19,20). The van der Waals surface area contributed by atoms with Crippen molar-refractivity contribution in [2.75, 3.05) is 0 Å². The molecule has 0 bridgehead atoms. The Bertz CT molecular complexity index is 658. The van der Waals surface area contributed by atoms with E-state index in [1.807, 2.05) is 6.07 Å². The van der Waals surface area contributed by atoms with Gasteiger partial charge in [0.2, 0.25) is 0 Å². The van der Waals surface area contributed by atoms with Gasteiger partial charge in [-0.2, -0.15) is 0 Å². The summed E-state index contributed by atoms with van der Waals surface area (Å²) < 4.78 is 5.38. The number of ether oxygens (including phenoxy) is 1. The molecule has 2 heterocycles. The zero-order valence-corrected chi connectivity index (χ0v) is 10.9. The van der Waals surface area contributed by atoms with Gasteiger partial charge in [-0.25, -0.2) is 9.59 Å². The van der Waals surface area contributed by atoms with Gasteiger partial charge in [0.1, 0.15) is 0 Å². The first-order chi connectivity index (χ1) is 10.1. The summed E-state index contributed by atoms with van der Waals surface area (Å²) in [7, 11) is 0. The molecule has 0 aliphatic heterocycles. The van der Waals surface area contributed by atoms with Gasteiger partial charge in [-0.05, 0) is 17.7 Å². The number of carboxylic acid groups (broad SMARTS) is 2. The summed E-state index contributed by atoms with van der Waals surface area (Å²) in [5.41, 5.74) is 0.664. The maximum Gasteiger partial charge on any atom is 0.337 e. The van der Waals surface area contributed by atoms with Crippen LogP contribution in [-0.4, -0.2) is 32.1 Å². The molecule has 0 saturated carbocycles. The largest absolute Gasteiger partial charge is 0.478 e. The second-order valence-corrected chi connectivity index (χ2v) is 4.18. The topological polar surface area (TPSA) is 110 Å². The molecule has 0 aliphatic carbocycles. The van der Waals surface area contributed by atoms with Crippen LogP contribution in [0.15, 0.2) is 36.8 Å². The van der Waals surface area contributed by atoms with E-state index in [1.54, 1.807) is 18.5 Å². The normalized spacial score (nSPS) is 10.3. The van der Waals surface area contributed by atoms with Crippen LogP contribution in [0.4, 0.5) is 0 Å². The van der Waals surface area contributed by atoms with Crippen molar-refractivity contribution in [3.8, 4) is 0 Å². The molecule has 21 heavy (non-hydrogen) atoms. The molecule has 0 aliphatic rings. The summed E-state index contributed by atoms with van der Waals surface area (Å²) in [6, 6.07) is 4.66. The van der Waals surface area contributed by atoms with Crippen molar-refractivity contribution in [1.82, 2.24) is 9.97 Å². The van der Waals surface area contributed by atoms with Crippen LogP contribution < -0.4 is 0 Å². The van der Waals surface area contributed by atoms with Gasteiger partial charge in [0.25, 0.3) is 0 Å². The smallest absolute Gasteiger partial charge is 0.337 e. The number of nitrogens with zero attached hydrogens (tertiary/aromatic N) is 2. The average molecular weight is 288 g/mol. The van der Waals surface area contributed by atoms with Gasteiger partial charge in [-0.1, -0.05) is 6.07 Å². The van der Waals surface area contributed by atoms with Crippen molar-refractivity contribution in [2.24, 2.45) is 0 Å². The van der Waals surface area contributed by atoms with Crippen molar-refractivity contribution in [2.45, 2.75) is 13.2 Å². The van der Waals surface area contributed by atoms with Crippen LogP contribution in [-0.2, 0) is 18.0 Å². The number of rotatable bonds is 6. The Hall–Kier alpha value is -2.80. The quantitative estimate of drug-likeness (QED) is 0.830. The molecule has 0 amide bonds. The first-order valence-corrected chi connectivity index (χ1v) is 6.00. The highest BCUT2D eigenvalue weighted by Crippen LogP contribution is 2.12. The Morgan fingerprint density at radius 2 is 1.95 bits per heavy atom. The molecular weight excluding hydrogens is 276 g/mol. The number of carbonyl (C=O) groups is 2. The lowest BCUT2D eigenvalue weighted by Gasteiger charge is -2.07. The van der Waals surface area contributed by atoms with Crippen molar-refractivity contribution in [3.05, 3.63) is 59.2 Å². The van der Waals surface area contributed by atoms with Gasteiger partial charge in [-0.15, -0.1) is 0 Å². The predicted octanol–water partition coefficient (Wildman–Crippen LogP) is 1.59. The van der Waals surface area contributed by atoms with Gasteiger partial charge in [0.15, 0.2) is 0 Å². The number of hydrogen-bond donors (Lipinski definition) is 2. The van der Waals surface area contributed by atoms with Gasteiger partial charge in [0.05, 0.1) is 30.0 Å². The van der Waals surface area contributed by atoms with Crippen LogP contribution in [0, 0.1) is 0 Å². The van der Waals surface area contributed by atoms with Crippen molar-refractivity contribution < 1.29 is 24.5 Å². The molecule has 2 N–H and O–H groups in total. The van der Waals surface area contributed by atoms with Gasteiger partial charge >= 0.3 is 11.9 Å². The molecule has 0 spiro atoms. The van der Waals surface area contributed by atoms with Gasteiger partial charge in [-0.3, -0.25) is 9.97 Å². The van der Waals surface area contributed by atoms with Crippen molar-refractivity contribution in [3.63, 3.8) is 0 Å². The second-order valence-electron chi connectivity index (χ2n) is 4.18. The molecule has 2 aromatic heterocycles. The van der Waals surface area contributed by atoms with Crippen LogP contribution in [0.25, 0.3) is 0 Å². The fraction of sp³-hybridized carbons (Fsp3) is 0.143. The number of hydrogen-bond acceptors (Lipinski definition) is 5. The third-order valence-corrected chi connectivity index (χ3v) is 2.68. The highest BCUT2D eigenvalue weighted by atomic mass is 16.5. The number of aromatic carboxylic acids is 2. The lowest BCUT2D eigenvalue weighted by atomic mass is 10.1. The molecule has 2 rings (SSSR count). The van der Waals surface area contributed by atoms with E-state index in [4.69, 9.17) is 14.9 Å². The molecule has 0 atom stereocenters. The lowest BCUT2D eigenvalue weighted by Crippen LogP contribution is -2.10. The lowest BCUT2D eigenvalue weighted by molar-refractivity contribution is 0.0681. The van der Waals surface area contributed by atoms with E-state index in [2.05, 4.69) is 9.97 Å². The van der Waals surface area contributed by atoms with E-state index in [1.165, 1.54) is 0 Å². The van der Waals surface area contributed by atoms with Crippen LogP contribution in [0.2, 0.25) is 0 Å². The summed E-state index contributed by atoms with van der Waals surface area (Å²) >= 11 is 0. The van der Waals surface area contributed by atoms with E-state index < -0.39 is 11.9 Å². The summed E-state index contributed by atoms with van der Waals surface area (Å²) in [6.45, 7) is 0.228. The summed E-state index contributed by atoms with van der Waals surface area (Å²) in [5, 5.41) is 17.9. The highest BCUT2D eigenvalue weighted by molar-refractivity contribution is 5.94. The number of carboxylic acids is 2. The van der Waals surface area contributed by atoms with Crippen LogP contribution in [0.3, 0.4) is 0 Å². The zero-order valence-electron chi connectivity index (χ0n) is 10.9. The molecular formula is C14H12N2O5. The molecule has 108 valence electrons. The van der Waals surface area contributed by atoms with E-state index in [0.29, 0.717) is 0 Å². The Labute approximate surface area is 119 Å². The first kappa shape index (κ1) is 14.6. The number of pyridine rings is 2. The zero-order chi connectivity index (χ0) is 15.2. The fourth-order valence-corrected chi connectivity index (χ4v) is 1.66. The minimum atomic E-state index is -1.24. The Balaban J connectivity index is 2.09. The molecule has 0 unspecified atom stereocenters. The maximum absolute atomic E-state index is 11.1. The SMILES string of the molecule is O=C(O)c1cnc(COCc2cccnc2)c(C(=O)O)c1. The summed E-state index contributed by atoms with van der Waals surface area (Å²) in [5.74, 6) is -2.47. The predicted molar refractivity (Wildman–Crippen MR) is 70.9 cm³/mol. The third-order valence-electron chi connectivity index (χ3n) is 2.68. The Kier molecular flexibility index (Phi) is 4.57. The molecule has 2 aromatic rings. The minimum absolute atomic E-state index is 0.0313. The summed E-state index contributed by atoms with van der Waals surface area (Å²) in [6.07, 6.45) is 4.38. The van der Waals surface area contributed by atoms with Crippen molar-refractivity contribution in [1.29, 1.82) is 0 Å². The Morgan fingerprint density at radius 1 is 1.14 bits per heavy atom. The second kappa shape index (κ2) is 6.58. The van der Waals surface area contributed by atoms with Crippen LogP contribution in [0.5, 0.6) is 0 Å². The van der Waals surface area contributed by atoms with Gasteiger partial charge < -0.3 is 14.9 Å². The van der Waals surface area contributed by atoms with Crippen LogP contribution in [0.1, 0.15) is 32.0 Å². The fourth-order valence-electron chi connectivity index (χ4n) is 1.66. The van der Waals surface area contributed by atoms with E-state index in [-0.39, 0.29) is 30.0 Å². The van der Waals surface area contributed by atoms with E-state index in [9.17, 15) is 9.59 Å². The first-order valence-electron chi connectivity index (χ1n) is 6.00. The number of aromatic nitrogens is 2. The average Bonchev–Trinajstić information content (AvgIpc) is 2.48. The van der Waals surface area contributed by atoms with E-state index in [0.717, 1.165) is 17.8 Å². The van der Waals surface area contributed by atoms with Gasteiger partial charge in [0, 0.05) is 18.6 Å². The molecule has 0 aromatic carbocycles. The highest BCUT2D eigenvalue weighted by Gasteiger charge is 2.15. The minimum Gasteiger partial charge on any atom is -0.478 e. The van der Waals surface area contributed by atoms with Crippen LogP contribution >= 0.6 is 0 Å². The summed E-state index contributed by atoms with van der Waals surface area (Å²) in [4.78, 5) is 29.7. The molecule has 0 fully saturated rings.